The number of aliphatic hydroxyl groups excluding tert-OH is 1. The van der Waals surface area contributed by atoms with Crippen LogP contribution in [0.25, 0.3) is 0 Å². The third-order valence-electron chi connectivity index (χ3n) is 16.8. The molecule has 0 aliphatic carbocycles. The standard InChI is InChI=1S/C72H140O17P2/c1-6-9-12-15-18-21-24-27-29-32-34-40-45-50-55-69(74)82-61-67(88-72(77)58-53-48-43-36-33-30-28-25-22-19-16-13-10-7-2)63-86-90(78,79)84-59-66(73)60-85-91(80,81)87-64-68(62-83-70(75)56-51-46-41-38-37-39-44-49-54-65(4)5)89-71(76)57-52-47-42-35-31-26-23-20-17-14-11-8-3/h65-68,73H,6-64H2,1-5H3,(H,78,79)(H,80,81)/t66-,67-,68-/m1/s1. The number of carbonyl (C=O) groups excluding carboxylic acids is 4. The van der Waals surface area contributed by atoms with Crippen LogP contribution in [0.1, 0.15) is 375 Å². The number of hydrogen-bond donors (Lipinski definition) is 3. The van der Waals surface area contributed by atoms with E-state index in [9.17, 15) is 43.2 Å². The van der Waals surface area contributed by atoms with E-state index in [0.29, 0.717) is 25.7 Å². The van der Waals surface area contributed by atoms with Gasteiger partial charge in [0.25, 0.3) is 0 Å². The van der Waals surface area contributed by atoms with E-state index in [2.05, 4.69) is 34.6 Å². The van der Waals surface area contributed by atoms with Gasteiger partial charge in [-0.2, -0.15) is 0 Å². The summed E-state index contributed by atoms with van der Waals surface area (Å²) in [5.41, 5.74) is 0. The van der Waals surface area contributed by atoms with Crippen molar-refractivity contribution in [3.8, 4) is 0 Å². The van der Waals surface area contributed by atoms with Gasteiger partial charge in [-0.25, -0.2) is 9.13 Å². The average molecular weight is 1340 g/mol. The van der Waals surface area contributed by atoms with Crippen molar-refractivity contribution in [2.45, 2.75) is 393 Å². The quantitative estimate of drug-likeness (QED) is 0.0222. The van der Waals surface area contributed by atoms with Crippen molar-refractivity contribution in [1.82, 2.24) is 0 Å². The van der Waals surface area contributed by atoms with Crippen LogP contribution in [0.4, 0.5) is 0 Å². The number of phosphoric ester groups is 2. The Morgan fingerprint density at radius 3 is 0.747 bits per heavy atom. The first-order chi connectivity index (χ1) is 44.0. The fourth-order valence-electron chi connectivity index (χ4n) is 11.0. The minimum atomic E-state index is -4.95. The summed E-state index contributed by atoms with van der Waals surface area (Å²) in [5, 5.41) is 10.6. The molecule has 0 saturated carbocycles. The second kappa shape index (κ2) is 65.4. The highest BCUT2D eigenvalue weighted by Gasteiger charge is 2.30. The maximum absolute atomic E-state index is 13.0. The Morgan fingerprint density at radius 1 is 0.297 bits per heavy atom. The van der Waals surface area contributed by atoms with E-state index in [1.807, 2.05) is 0 Å². The van der Waals surface area contributed by atoms with Crippen molar-refractivity contribution in [1.29, 1.82) is 0 Å². The predicted molar refractivity (Wildman–Crippen MR) is 368 cm³/mol. The lowest BCUT2D eigenvalue weighted by Crippen LogP contribution is -2.30. The van der Waals surface area contributed by atoms with Gasteiger partial charge in [0.15, 0.2) is 12.2 Å². The summed E-state index contributed by atoms with van der Waals surface area (Å²) in [6.45, 7) is 7.24. The molecule has 0 saturated heterocycles. The van der Waals surface area contributed by atoms with E-state index < -0.39 is 97.5 Å². The van der Waals surface area contributed by atoms with Crippen LogP contribution in [0.15, 0.2) is 0 Å². The molecule has 0 aromatic carbocycles. The van der Waals surface area contributed by atoms with Gasteiger partial charge in [0, 0.05) is 25.7 Å². The summed E-state index contributed by atoms with van der Waals surface area (Å²) in [7, 11) is -9.90. The van der Waals surface area contributed by atoms with E-state index in [4.69, 9.17) is 37.0 Å². The van der Waals surface area contributed by atoms with Gasteiger partial charge in [-0.05, 0) is 31.6 Å². The van der Waals surface area contributed by atoms with Crippen LogP contribution in [0, 0.1) is 5.92 Å². The van der Waals surface area contributed by atoms with Gasteiger partial charge >= 0.3 is 39.5 Å². The Hall–Kier alpha value is -1.94. The van der Waals surface area contributed by atoms with Gasteiger partial charge in [-0.1, -0.05) is 324 Å². The van der Waals surface area contributed by atoms with Crippen LogP contribution in [0.2, 0.25) is 0 Å². The van der Waals surface area contributed by atoms with E-state index in [-0.39, 0.29) is 25.7 Å². The van der Waals surface area contributed by atoms with Gasteiger partial charge in [0.2, 0.25) is 0 Å². The van der Waals surface area contributed by atoms with Crippen LogP contribution < -0.4 is 0 Å². The Kier molecular flexibility index (Phi) is 64.0. The van der Waals surface area contributed by atoms with Gasteiger partial charge in [-0.3, -0.25) is 37.3 Å². The Morgan fingerprint density at radius 2 is 0.505 bits per heavy atom. The minimum absolute atomic E-state index is 0.107. The Bertz CT molecular complexity index is 1750. The molecule has 0 amide bonds. The molecule has 3 N–H and O–H groups in total. The normalized spacial score (nSPS) is 14.0. The van der Waals surface area contributed by atoms with Crippen LogP contribution in [-0.2, 0) is 65.4 Å². The highest BCUT2D eigenvalue weighted by Crippen LogP contribution is 2.45. The number of phosphoric acid groups is 2. The lowest BCUT2D eigenvalue weighted by atomic mass is 10.0. The number of hydrogen-bond acceptors (Lipinski definition) is 15. The van der Waals surface area contributed by atoms with Crippen LogP contribution in [-0.4, -0.2) is 96.7 Å². The molecule has 19 heteroatoms. The molecule has 540 valence electrons. The maximum atomic E-state index is 13.0. The molecule has 91 heavy (non-hydrogen) atoms. The summed E-state index contributed by atoms with van der Waals surface area (Å²) in [6.07, 6.45) is 52.5. The number of rotatable bonds is 72. The summed E-state index contributed by atoms with van der Waals surface area (Å²) >= 11 is 0. The molecule has 0 fully saturated rings. The number of esters is 4. The molecule has 0 aromatic heterocycles. The van der Waals surface area contributed by atoms with Crippen LogP contribution in [0.3, 0.4) is 0 Å². The first-order valence-corrected chi connectivity index (χ1v) is 40.6. The third-order valence-corrected chi connectivity index (χ3v) is 18.7. The first kappa shape index (κ1) is 89.1. The highest BCUT2D eigenvalue weighted by molar-refractivity contribution is 7.47. The third kappa shape index (κ3) is 66.5. The molecule has 2 unspecified atom stereocenters. The Balaban J connectivity index is 5.25. The first-order valence-electron chi connectivity index (χ1n) is 37.6. The van der Waals surface area contributed by atoms with Crippen LogP contribution in [0.5, 0.6) is 0 Å². The minimum Gasteiger partial charge on any atom is -0.462 e. The van der Waals surface area contributed by atoms with Crippen molar-refractivity contribution in [3.63, 3.8) is 0 Å². The van der Waals surface area contributed by atoms with E-state index in [1.54, 1.807) is 0 Å². The fourth-order valence-corrected chi connectivity index (χ4v) is 12.6. The molecule has 0 bridgehead atoms. The van der Waals surface area contributed by atoms with Crippen molar-refractivity contribution < 1.29 is 80.2 Å². The summed E-state index contributed by atoms with van der Waals surface area (Å²) in [4.78, 5) is 72.6. The summed E-state index contributed by atoms with van der Waals surface area (Å²) in [6, 6.07) is 0. The van der Waals surface area contributed by atoms with Gasteiger partial charge < -0.3 is 33.8 Å². The number of unbranched alkanes of at least 4 members (excludes halogenated alkanes) is 44. The molecule has 0 radical (unpaired) electrons. The molecule has 0 aliphatic rings. The van der Waals surface area contributed by atoms with Crippen molar-refractivity contribution >= 4 is 39.5 Å². The maximum Gasteiger partial charge on any atom is 0.472 e. The number of carbonyl (C=O) groups is 4. The van der Waals surface area contributed by atoms with Crippen molar-refractivity contribution in [2.75, 3.05) is 39.6 Å². The largest absolute Gasteiger partial charge is 0.472 e. The molecule has 0 heterocycles. The molecule has 0 aliphatic heterocycles. The van der Waals surface area contributed by atoms with Crippen molar-refractivity contribution in [3.05, 3.63) is 0 Å². The SMILES string of the molecule is CCCCCCCCCCCCCCCCC(=O)OC[C@H](COP(=O)(O)OC[C@@H](O)COP(=O)(O)OC[C@@H](COC(=O)CCCCCCCCCCC(C)C)OC(=O)CCCCCCCCCCCCCC)OC(=O)CCCCCCCCCCCCCCCC. The number of ether oxygens (including phenoxy) is 4. The zero-order valence-electron chi connectivity index (χ0n) is 59.0. The smallest absolute Gasteiger partial charge is 0.462 e. The average Bonchev–Trinajstić information content (AvgIpc) is 3.31. The molecule has 0 aromatic rings. The molecule has 5 atom stereocenters. The second-order valence-corrected chi connectivity index (χ2v) is 29.4. The molecule has 17 nitrogen and oxygen atoms in total. The van der Waals surface area contributed by atoms with Gasteiger partial charge in [-0.15, -0.1) is 0 Å². The van der Waals surface area contributed by atoms with Gasteiger partial charge in [0.05, 0.1) is 26.4 Å². The fraction of sp³-hybridized carbons (Fsp3) is 0.944. The van der Waals surface area contributed by atoms with E-state index in [1.165, 1.54) is 199 Å². The van der Waals surface area contributed by atoms with Crippen molar-refractivity contribution in [2.24, 2.45) is 5.92 Å². The molecular formula is C72H140O17P2. The summed E-state index contributed by atoms with van der Waals surface area (Å²) < 4.78 is 68.4. The molecular weight excluding hydrogens is 1200 g/mol. The summed E-state index contributed by atoms with van der Waals surface area (Å²) in [5.74, 6) is -1.39. The van der Waals surface area contributed by atoms with Gasteiger partial charge in [0.1, 0.15) is 19.3 Å². The van der Waals surface area contributed by atoms with E-state index >= 15 is 0 Å². The topological polar surface area (TPSA) is 237 Å². The lowest BCUT2D eigenvalue weighted by molar-refractivity contribution is -0.161. The lowest BCUT2D eigenvalue weighted by Gasteiger charge is -2.21. The predicted octanol–water partition coefficient (Wildman–Crippen LogP) is 20.9. The Labute approximate surface area is 556 Å². The zero-order valence-corrected chi connectivity index (χ0v) is 60.8. The molecule has 0 rings (SSSR count). The molecule has 0 spiro atoms. The highest BCUT2D eigenvalue weighted by atomic mass is 31.2. The zero-order chi connectivity index (χ0) is 67.0. The second-order valence-electron chi connectivity index (χ2n) is 26.5. The number of aliphatic hydroxyl groups is 1. The van der Waals surface area contributed by atoms with E-state index in [0.717, 1.165) is 95.8 Å². The van der Waals surface area contributed by atoms with Crippen LogP contribution >= 0.6 is 15.6 Å². The monoisotopic (exact) mass is 1340 g/mol.